The number of nitrogens with zero attached hydrogens (tertiary/aromatic N) is 2. The second kappa shape index (κ2) is 6.95. The molecule has 144 valence electrons. The van der Waals surface area contributed by atoms with E-state index < -0.39 is 0 Å². The largest absolute Gasteiger partial charge is 0.507 e. The minimum absolute atomic E-state index is 0.165. The molecule has 2 aliphatic heterocycles. The van der Waals surface area contributed by atoms with Crippen LogP contribution in [0.25, 0.3) is 22.0 Å². The molecule has 28 heavy (non-hydrogen) atoms. The van der Waals surface area contributed by atoms with Gasteiger partial charge in [0.15, 0.2) is 0 Å². The molecule has 0 aliphatic carbocycles. The first-order chi connectivity index (χ1) is 13.7. The molecule has 0 radical (unpaired) electrons. The van der Waals surface area contributed by atoms with Gasteiger partial charge in [-0.25, -0.2) is 0 Å². The van der Waals surface area contributed by atoms with Crippen LogP contribution in [0.2, 0.25) is 0 Å². The molecule has 3 aromatic rings. The first kappa shape index (κ1) is 17.3. The molecule has 5 rings (SSSR count). The number of hydrogen-bond donors (Lipinski definition) is 2. The molecular weight excluding hydrogens is 354 g/mol. The zero-order valence-electron chi connectivity index (χ0n) is 15.8. The second-order valence-electron chi connectivity index (χ2n) is 7.69. The third-order valence-corrected chi connectivity index (χ3v) is 5.80. The van der Waals surface area contributed by atoms with Crippen LogP contribution in [0.3, 0.4) is 0 Å². The summed E-state index contributed by atoms with van der Waals surface area (Å²) in [5.74, 6) is 1.46. The lowest BCUT2D eigenvalue weighted by Crippen LogP contribution is -2.42. The number of rotatable bonds is 4. The molecule has 6 heteroatoms. The number of fused-ring (bicyclic) bond motifs is 3. The van der Waals surface area contributed by atoms with E-state index in [0.717, 1.165) is 29.4 Å². The van der Waals surface area contributed by atoms with E-state index in [1.54, 1.807) is 13.2 Å². The number of methoxy groups -OCH3 is 1. The molecule has 6 nitrogen and oxygen atoms in total. The van der Waals surface area contributed by atoms with Crippen molar-refractivity contribution in [2.24, 2.45) is 0 Å². The summed E-state index contributed by atoms with van der Waals surface area (Å²) in [7, 11) is 1.63. The van der Waals surface area contributed by atoms with Crippen LogP contribution < -0.4 is 14.8 Å². The molecule has 2 aliphatic rings. The summed E-state index contributed by atoms with van der Waals surface area (Å²) >= 11 is 0. The maximum absolute atomic E-state index is 10.5. The number of benzene rings is 2. The van der Waals surface area contributed by atoms with E-state index in [1.807, 2.05) is 36.4 Å². The SMILES string of the molecule is COc1ccc2cc(-c3ccc(O[C@H]4C[C@H]5CC[C@@H](C4)N5)nn3)c(O)cc2c1. The topological polar surface area (TPSA) is 76.5 Å². The fourth-order valence-corrected chi connectivity index (χ4v) is 4.39. The van der Waals surface area contributed by atoms with Gasteiger partial charge in [0.1, 0.15) is 17.6 Å². The van der Waals surface area contributed by atoms with Crippen LogP contribution in [0, 0.1) is 0 Å². The zero-order valence-corrected chi connectivity index (χ0v) is 15.8. The molecule has 2 saturated heterocycles. The van der Waals surface area contributed by atoms with E-state index in [9.17, 15) is 5.11 Å². The van der Waals surface area contributed by atoms with Gasteiger partial charge in [-0.05, 0) is 66.8 Å². The van der Waals surface area contributed by atoms with Gasteiger partial charge in [0.2, 0.25) is 5.88 Å². The summed E-state index contributed by atoms with van der Waals surface area (Å²) in [5, 5.41) is 24.5. The first-order valence-corrected chi connectivity index (χ1v) is 9.75. The summed E-state index contributed by atoms with van der Waals surface area (Å²) in [6.45, 7) is 0. The second-order valence-corrected chi connectivity index (χ2v) is 7.69. The average Bonchev–Trinajstić information content (AvgIpc) is 3.06. The fraction of sp³-hybridized carbons (Fsp3) is 0.364. The number of aromatic hydroxyl groups is 1. The quantitative estimate of drug-likeness (QED) is 0.722. The number of aromatic nitrogens is 2. The molecule has 3 atom stereocenters. The van der Waals surface area contributed by atoms with Gasteiger partial charge in [-0.2, -0.15) is 0 Å². The molecule has 2 N–H and O–H groups in total. The van der Waals surface area contributed by atoms with E-state index in [4.69, 9.17) is 9.47 Å². The zero-order chi connectivity index (χ0) is 19.1. The molecule has 0 amide bonds. The van der Waals surface area contributed by atoms with Crippen molar-refractivity contribution in [1.82, 2.24) is 15.5 Å². The molecule has 1 aromatic heterocycles. The fourth-order valence-electron chi connectivity index (χ4n) is 4.39. The number of piperidine rings is 1. The third-order valence-electron chi connectivity index (χ3n) is 5.80. The number of nitrogens with one attached hydrogen (secondary N) is 1. The highest BCUT2D eigenvalue weighted by molar-refractivity contribution is 5.90. The van der Waals surface area contributed by atoms with Gasteiger partial charge < -0.3 is 19.9 Å². The van der Waals surface area contributed by atoms with Gasteiger partial charge in [-0.1, -0.05) is 6.07 Å². The van der Waals surface area contributed by atoms with Crippen LogP contribution in [0.4, 0.5) is 0 Å². The molecule has 0 unspecified atom stereocenters. The highest BCUT2D eigenvalue weighted by Gasteiger charge is 2.34. The van der Waals surface area contributed by atoms with Gasteiger partial charge >= 0.3 is 0 Å². The standard InChI is InChI=1S/C22H23N3O3/c1-27-17-5-2-13-9-19(21(26)10-14(13)8-17)20-6-7-22(25-24-20)28-18-11-15-3-4-16(12-18)23-15/h2,5-10,15-16,18,23,26H,3-4,11-12H2,1H3/t15-,16+,18+. The summed E-state index contributed by atoms with van der Waals surface area (Å²) in [6.07, 6.45) is 4.72. The predicted octanol–water partition coefficient (Wildman–Crippen LogP) is 3.67. The summed E-state index contributed by atoms with van der Waals surface area (Å²) in [4.78, 5) is 0. The lowest BCUT2D eigenvalue weighted by atomic mass is 10.0. The Bertz CT molecular complexity index is 994. The number of hydrogen-bond acceptors (Lipinski definition) is 6. The lowest BCUT2D eigenvalue weighted by molar-refractivity contribution is 0.130. The van der Waals surface area contributed by atoms with Crippen molar-refractivity contribution < 1.29 is 14.6 Å². The van der Waals surface area contributed by atoms with Crippen LogP contribution in [-0.2, 0) is 0 Å². The summed E-state index contributed by atoms with van der Waals surface area (Å²) < 4.78 is 11.3. The predicted molar refractivity (Wildman–Crippen MR) is 107 cm³/mol. The van der Waals surface area contributed by atoms with Gasteiger partial charge in [0, 0.05) is 23.7 Å². The van der Waals surface area contributed by atoms with Gasteiger partial charge in [0.25, 0.3) is 0 Å². The average molecular weight is 377 g/mol. The Hall–Kier alpha value is -2.86. The Labute approximate surface area is 163 Å². The maximum Gasteiger partial charge on any atom is 0.233 e. The van der Waals surface area contributed by atoms with E-state index >= 15 is 0 Å². The van der Waals surface area contributed by atoms with Crippen molar-refractivity contribution in [2.75, 3.05) is 7.11 Å². The maximum atomic E-state index is 10.5. The minimum Gasteiger partial charge on any atom is -0.507 e. The molecule has 0 spiro atoms. The van der Waals surface area contributed by atoms with Crippen molar-refractivity contribution in [3.05, 3.63) is 42.5 Å². The van der Waals surface area contributed by atoms with E-state index in [1.165, 1.54) is 12.8 Å². The normalized spacial score (nSPS) is 23.7. The highest BCUT2D eigenvalue weighted by Crippen LogP contribution is 2.34. The van der Waals surface area contributed by atoms with E-state index in [0.29, 0.717) is 29.2 Å². The Morgan fingerprint density at radius 3 is 2.50 bits per heavy atom. The number of ether oxygens (including phenoxy) is 2. The molecular formula is C22H23N3O3. The monoisotopic (exact) mass is 377 g/mol. The third kappa shape index (κ3) is 3.24. The number of phenolic OH excluding ortho intramolecular Hbond substituents is 1. The summed E-state index contributed by atoms with van der Waals surface area (Å²) in [5.41, 5.74) is 1.27. The van der Waals surface area contributed by atoms with Crippen LogP contribution >= 0.6 is 0 Å². The van der Waals surface area contributed by atoms with Gasteiger partial charge in [-0.15, -0.1) is 10.2 Å². The highest BCUT2D eigenvalue weighted by atomic mass is 16.5. The molecule has 2 fully saturated rings. The minimum atomic E-state index is 0.165. The van der Waals surface area contributed by atoms with Crippen LogP contribution in [0.15, 0.2) is 42.5 Å². The molecule has 2 aromatic carbocycles. The summed E-state index contributed by atoms with van der Waals surface area (Å²) in [6, 6.07) is 14.2. The number of phenols is 1. The van der Waals surface area contributed by atoms with Gasteiger partial charge in [-0.3, -0.25) is 0 Å². The Morgan fingerprint density at radius 2 is 1.79 bits per heavy atom. The first-order valence-electron chi connectivity index (χ1n) is 9.75. The van der Waals surface area contributed by atoms with Crippen molar-refractivity contribution in [1.29, 1.82) is 0 Å². The van der Waals surface area contributed by atoms with E-state index in [2.05, 4.69) is 15.5 Å². The molecule has 2 bridgehead atoms. The van der Waals surface area contributed by atoms with Crippen molar-refractivity contribution in [3.63, 3.8) is 0 Å². The van der Waals surface area contributed by atoms with Gasteiger partial charge in [0.05, 0.1) is 12.8 Å². The smallest absolute Gasteiger partial charge is 0.233 e. The lowest BCUT2D eigenvalue weighted by Gasteiger charge is -2.28. The molecule has 3 heterocycles. The van der Waals surface area contributed by atoms with E-state index in [-0.39, 0.29) is 11.9 Å². The van der Waals surface area contributed by atoms with Crippen molar-refractivity contribution in [2.45, 2.75) is 43.9 Å². The Kier molecular flexibility index (Phi) is 4.28. The van der Waals surface area contributed by atoms with Crippen LogP contribution in [-0.4, -0.2) is 40.6 Å². The van der Waals surface area contributed by atoms with Crippen LogP contribution in [0.1, 0.15) is 25.7 Å². The Balaban J connectivity index is 1.37. The van der Waals surface area contributed by atoms with Crippen molar-refractivity contribution in [3.8, 4) is 28.6 Å². The van der Waals surface area contributed by atoms with Crippen LogP contribution in [0.5, 0.6) is 17.4 Å². The molecule has 0 saturated carbocycles. The van der Waals surface area contributed by atoms with Crippen molar-refractivity contribution >= 4 is 10.8 Å². The Morgan fingerprint density at radius 1 is 0.964 bits per heavy atom.